The number of nitrogens with zero attached hydrogens (tertiary/aromatic N) is 1. The van der Waals surface area contributed by atoms with Crippen molar-refractivity contribution in [2.24, 2.45) is 0 Å². The van der Waals surface area contributed by atoms with E-state index in [4.69, 9.17) is 9.15 Å². The van der Waals surface area contributed by atoms with E-state index in [0.717, 1.165) is 0 Å². The summed E-state index contributed by atoms with van der Waals surface area (Å²) in [5.74, 6) is -1.48. The summed E-state index contributed by atoms with van der Waals surface area (Å²) in [6, 6.07) is 5.65. The van der Waals surface area contributed by atoms with Gasteiger partial charge in [-0.2, -0.15) is 0 Å². The number of ether oxygens (including phenoxy) is 1. The molecule has 0 aliphatic carbocycles. The second-order valence-electron chi connectivity index (χ2n) is 3.65. The molecule has 0 radical (unpaired) electrons. The van der Waals surface area contributed by atoms with E-state index in [1.165, 1.54) is 36.9 Å². The minimum Gasteiger partial charge on any atom is -0.465 e. The van der Waals surface area contributed by atoms with Gasteiger partial charge in [-0.05, 0) is 24.6 Å². The number of hydrogen-bond donors (Lipinski definition) is 0. The predicted molar refractivity (Wildman–Crippen MR) is 61.4 cm³/mol. The van der Waals surface area contributed by atoms with Crippen molar-refractivity contribution in [3.8, 4) is 0 Å². The van der Waals surface area contributed by atoms with Gasteiger partial charge in [0.1, 0.15) is 18.0 Å². The number of halogens is 1. The Labute approximate surface area is 103 Å². The van der Waals surface area contributed by atoms with Crippen molar-refractivity contribution in [3.05, 3.63) is 54.0 Å². The lowest BCUT2D eigenvalue weighted by molar-refractivity contribution is -0.143. The Balaban J connectivity index is 2.36. The zero-order valence-corrected chi connectivity index (χ0v) is 9.80. The average molecular weight is 249 g/mol. The molecule has 0 fully saturated rings. The monoisotopic (exact) mass is 249 g/mol. The molecule has 1 atom stereocenters. The Kier molecular flexibility index (Phi) is 3.72. The highest BCUT2D eigenvalue weighted by Crippen LogP contribution is 2.25. The molecule has 0 aliphatic rings. The van der Waals surface area contributed by atoms with Crippen LogP contribution in [0.15, 0.2) is 41.3 Å². The average Bonchev–Trinajstić information content (AvgIpc) is 2.86. The third-order valence-corrected chi connectivity index (χ3v) is 2.47. The molecule has 0 spiro atoms. The largest absolute Gasteiger partial charge is 0.465 e. The Morgan fingerprint density at radius 2 is 2.17 bits per heavy atom. The quantitative estimate of drug-likeness (QED) is 0.781. The molecule has 94 valence electrons. The van der Waals surface area contributed by atoms with Gasteiger partial charge in [-0.3, -0.25) is 4.79 Å². The van der Waals surface area contributed by atoms with E-state index >= 15 is 0 Å². The molecule has 0 amide bonds. The van der Waals surface area contributed by atoms with Crippen molar-refractivity contribution in [2.75, 3.05) is 6.61 Å². The van der Waals surface area contributed by atoms with Crippen molar-refractivity contribution in [3.63, 3.8) is 0 Å². The molecule has 2 aromatic rings. The van der Waals surface area contributed by atoms with Crippen LogP contribution in [0.2, 0.25) is 0 Å². The van der Waals surface area contributed by atoms with Gasteiger partial charge in [0.25, 0.3) is 0 Å². The summed E-state index contributed by atoms with van der Waals surface area (Å²) < 4.78 is 22.8. The van der Waals surface area contributed by atoms with Crippen LogP contribution in [0.1, 0.15) is 24.1 Å². The maximum absolute atomic E-state index is 12.9. The van der Waals surface area contributed by atoms with Crippen LogP contribution in [0.5, 0.6) is 0 Å². The van der Waals surface area contributed by atoms with Gasteiger partial charge in [0.15, 0.2) is 6.39 Å². The van der Waals surface area contributed by atoms with E-state index in [9.17, 15) is 9.18 Å². The summed E-state index contributed by atoms with van der Waals surface area (Å²) in [6.07, 6.45) is 2.62. The first-order chi connectivity index (χ1) is 8.72. The summed E-state index contributed by atoms with van der Waals surface area (Å²) in [4.78, 5) is 15.9. The highest BCUT2D eigenvalue weighted by molar-refractivity contribution is 5.81. The van der Waals surface area contributed by atoms with Crippen LogP contribution in [0.25, 0.3) is 0 Å². The van der Waals surface area contributed by atoms with E-state index < -0.39 is 11.9 Å². The molecular weight excluding hydrogens is 237 g/mol. The predicted octanol–water partition coefficient (Wildman–Crippen LogP) is 2.51. The summed E-state index contributed by atoms with van der Waals surface area (Å²) >= 11 is 0. The lowest BCUT2D eigenvalue weighted by Crippen LogP contribution is -2.17. The number of carbonyl (C=O) groups excluding carboxylic acids is 1. The van der Waals surface area contributed by atoms with Gasteiger partial charge >= 0.3 is 5.97 Å². The van der Waals surface area contributed by atoms with Crippen molar-refractivity contribution in [1.82, 2.24) is 4.98 Å². The Morgan fingerprint density at radius 1 is 1.44 bits per heavy atom. The minimum absolute atomic E-state index is 0.272. The van der Waals surface area contributed by atoms with Crippen LogP contribution in [-0.4, -0.2) is 17.6 Å². The van der Waals surface area contributed by atoms with E-state index in [1.54, 1.807) is 6.92 Å². The molecule has 2 rings (SSSR count). The van der Waals surface area contributed by atoms with Gasteiger partial charge in [0, 0.05) is 0 Å². The van der Waals surface area contributed by atoms with Gasteiger partial charge in [-0.1, -0.05) is 12.1 Å². The van der Waals surface area contributed by atoms with Crippen molar-refractivity contribution < 1.29 is 18.3 Å². The van der Waals surface area contributed by atoms with E-state index in [1.807, 2.05) is 0 Å². The number of hydrogen-bond acceptors (Lipinski definition) is 4. The van der Waals surface area contributed by atoms with Crippen LogP contribution < -0.4 is 0 Å². The molecule has 1 aromatic carbocycles. The van der Waals surface area contributed by atoms with E-state index in [-0.39, 0.29) is 12.4 Å². The van der Waals surface area contributed by atoms with Crippen molar-refractivity contribution in [1.29, 1.82) is 0 Å². The maximum Gasteiger partial charge on any atom is 0.319 e. The number of carbonyl (C=O) groups is 1. The minimum atomic E-state index is -0.690. The van der Waals surface area contributed by atoms with Crippen molar-refractivity contribution in [2.45, 2.75) is 12.8 Å². The van der Waals surface area contributed by atoms with E-state index in [0.29, 0.717) is 11.3 Å². The van der Waals surface area contributed by atoms with E-state index in [2.05, 4.69) is 4.98 Å². The fourth-order valence-electron chi connectivity index (χ4n) is 1.67. The molecule has 0 N–H and O–H groups in total. The van der Waals surface area contributed by atoms with Gasteiger partial charge in [-0.25, -0.2) is 9.37 Å². The highest BCUT2D eigenvalue weighted by atomic mass is 19.1. The molecule has 0 saturated heterocycles. The zero-order valence-electron chi connectivity index (χ0n) is 9.80. The van der Waals surface area contributed by atoms with Crippen LogP contribution in [0.3, 0.4) is 0 Å². The second-order valence-corrected chi connectivity index (χ2v) is 3.65. The summed E-state index contributed by atoms with van der Waals surface area (Å²) in [5, 5.41) is 0. The number of aromatic nitrogens is 1. The third-order valence-electron chi connectivity index (χ3n) is 2.47. The van der Waals surface area contributed by atoms with Crippen LogP contribution in [-0.2, 0) is 9.53 Å². The van der Waals surface area contributed by atoms with Gasteiger partial charge in [0.05, 0.1) is 12.3 Å². The molecule has 5 heteroatoms. The SMILES string of the molecule is CCOC(=O)C(c1ccc(F)cc1)c1cocn1. The number of rotatable bonds is 4. The summed E-state index contributed by atoms with van der Waals surface area (Å²) in [5.41, 5.74) is 1.06. The molecule has 0 bridgehead atoms. The summed E-state index contributed by atoms with van der Waals surface area (Å²) in [7, 11) is 0. The lowest BCUT2D eigenvalue weighted by Gasteiger charge is -2.13. The highest BCUT2D eigenvalue weighted by Gasteiger charge is 2.26. The summed E-state index contributed by atoms with van der Waals surface area (Å²) in [6.45, 7) is 2.00. The first-order valence-corrected chi connectivity index (χ1v) is 5.52. The fourth-order valence-corrected chi connectivity index (χ4v) is 1.67. The molecule has 18 heavy (non-hydrogen) atoms. The molecule has 1 unspecified atom stereocenters. The Bertz CT molecular complexity index is 508. The van der Waals surface area contributed by atoms with Gasteiger partial charge < -0.3 is 9.15 Å². The molecular formula is C13H12FNO3. The smallest absolute Gasteiger partial charge is 0.319 e. The topological polar surface area (TPSA) is 52.3 Å². The van der Waals surface area contributed by atoms with Crippen LogP contribution >= 0.6 is 0 Å². The van der Waals surface area contributed by atoms with Gasteiger partial charge in [0.2, 0.25) is 0 Å². The Morgan fingerprint density at radius 3 is 2.72 bits per heavy atom. The van der Waals surface area contributed by atoms with Gasteiger partial charge in [-0.15, -0.1) is 0 Å². The van der Waals surface area contributed by atoms with Crippen molar-refractivity contribution >= 4 is 5.97 Å². The lowest BCUT2D eigenvalue weighted by atomic mass is 9.96. The molecule has 0 saturated carbocycles. The first kappa shape index (κ1) is 12.3. The fraction of sp³-hybridized carbons (Fsp3) is 0.231. The zero-order chi connectivity index (χ0) is 13.0. The number of esters is 1. The normalized spacial score (nSPS) is 12.1. The molecule has 1 aromatic heterocycles. The standard InChI is InChI=1S/C13H12FNO3/c1-2-18-13(16)12(11-7-17-8-15-11)9-3-5-10(14)6-4-9/h3-8,12H,2H2,1H3. The molecule has 1 heterocycles. The van der Waals surface area contributed by atoms with Crippen LogP contribution in [0.4, 0.5) is 4.39 Å². The molecule has 0 aliphatic heterocycles. The number of oxazole rings is 1. The first-order valence-electron chi connectivity index (χ1n) is 5.52. The van der Waals surface area contributed by atoms with Crippen LogP contribution in [0, 0.1) is 5.82 Å². The maximum atomic E-state index is 12.9. The molecule has 4 nitrogen and oxygen atoms in total. The number of benzene rings is 1. The third kappa shape index (κ3) is 2.56. The Hall–Kier alpha value is -2.17. The second kappa shape index (κ2) is 5.44.